The lowest BCUT2D eigenvalue weighted by molar-refractivity contribution is -0.137. The summed E-state index contributed by atoms with van der Waals surface area (Å²) in [4.78, 5) is 17.1. The van der Waals surface area contributed by atoms with E-state index in [0.717, 1.165) is 11.4 Å². The van der Waals surface area contributed by atoms with Gasteiger partial charge in [0.05, 0.1) is 12.2 Å². The van der Waals surface area contributed by atoms with Crippen molar-refractivity contribution in [3.63, 3.8) is 0 Å². The second-order valence-electron chi connectivity index (χ2n) is 4.58. The second kappa shape index (κ2) is 7.28. The third-order valence-corrected chi connectivity index (χ3v) is 3.02. The van der Waals surface area contributed by atoms with Crippen molar-refractivity contribution in [1.29, 1.82) is 0 Å². The molecule has 0 aliphatic heterocycles. The quantitative estimate of drug-likeness (QED) is 0.840. The fourth-order valence-corrected chi connectivity index (χ4v) is 2.05. The Hall–Kier alpha value is -2.36. The summed E-state index contributed by atoms with van der Waals surface area (Å²) in [5.41, 5.74) is 2.07. The third-order valence-electron chi connectivity index (χ3n) is 3.02. The van der Waals surface area contributed by atoms with Gasteiger partial charge in [-0.1, -0.05) is 24.3 Å². The van der Waals surface area contributed by atoms with Crippen molar-refractivity contribution in [2.24, 2.45) is 0 Å². The lowest BCUT2D eigenvalue weighted by atomic mass is 10.2. The van der Waals surface area contributed by atoms with Crippen molar-refractivity contribution in [2.75, 3.05) is 11.4 Å². The lowest BCUT2D eigenvalue weighted by Crippen LogP contribution is -2.24. The molecule has 0 unspecified atom stereocenters. The van der Waals surface area contributed by atoms with Crippen LogP contribution < -0.4 is 4.90 Å². The Kier molecular flexibility index (Phi) is 5.12. The molecule has 1 N–H and O–H groups in total. The van der Waals surface area contributed by atoms with Crippen molar-refractivity contribution in [2.45, 2.75) is 19.4 Å². The van der Waals surface area contributed by atoms with Crippen LogP contribution in [0.1, 0.15) is 18.5 Å². The topological polar surface area (TPSA) is 53.4 Å². The molecule has 1 aromatic carbocycles. The number of carboxylic acid groups (broad SMARTS) is 1. The van der Waals surface area contributed by atoms with Crippen molar-refractivity contribution in [3.05, 3.63) is 60.4 Å². The summed E-state index contributed by atoms with van der Waals surface area (Å²) in [7, 11) is 0. The highest BCUT2D eigenvalue weighted by Gasteiger charge is 2.08. The molecule has 0 saturated carbocycles. The highest BCUT2D eigenvalue weighted by Crippen LogP contribution is 2.16. The molecule has 4 heteroatoms. The molecule has 0 aliphatic carbocycles. The van der Waals surface area contributed by atoms with Crippen LogP contribution in [0.5, 0.6) is 0 Å². The Morgan fingerprint density at radius 3 is 2.50 bits per heavy atom. The number of aliphatic carboxylic acids is 1. The first-order valence-corrected chi connectivity index (χ1v) is 6.67. The fourth-order valence-electron chi connectivity index (χ4n) is 2.05. The molecule has 0 atom stereocenters. The number of benzene rings is 1. The number of carbonyl (C=O) groups is 1. The number of aromatic nitrogens is 1. The Morgan fingerprint density at radius 1 is 1.10 bits per heavy atom. The molecular formula is C16H18N2O2. The van der Waals surface area contributed by atoms with Gasteiger partial charge in [-0.25, -0.2) is 0 Å². The maximum absolute atomic E-state index is 10.6. The van der Waals surface area contributed by atoms with Crippen LogP contribution in [0.25, 0.3) is 0 Å². The minimum atomic E-state index is -0.754. The van der Waals surface area contributed by atoms with Gasteiger partial charge in [0.1, 0.15) is 0 Å². The Balaban J connectivity index is 2.06. The molecule has 0 bridgehead atoms. The van der Waals surface area contributed by atoms with Gasteiger partial charge in [0.15, 0.2) is 0 Å². The van der Waals surface area contributed by atoms with E-state index in [2.05, 4.69) is 9.88 Å². The number of pyridine rings is 1. The van der Waals surface area contributed by atoms with Gasteiger partial charge in [0.2, 0.25) is 0 Å². The first-order chi connectivity index (χ1) is 9.75. The molecule has 20 heavy (non-hydrogen) atoms. The monoisotopic (exact) mass is 270 g/mol. The Morgan fingerprint density at radius 2 is 1.85 bits per heavy atom. The largest absolute Gasteiger partial charge is 0.481 e. The molecule has 0 saturated heterocycles. The average molecular weight is 270 g/mol. The highest BCUT2D eigenvalue weighted by atomic mass is 16.4. The van der Waals surface area contributed by atoms with Gasteiger partial charge in [-0.05, 0) is 30.7 Å². The van der Waals surface area contributed by atoms with Crippen molar-refractivity contribution in [3.8, 4) is 0 Å². The van der Waals surface area contributed by atoms with E-state index in [-0.39, 0.29) is 6.42 Å². The third kappa shape index (κ3) is 4.39. The predicted molar refractivity (Wildman–Crippen MR) is 78.6 cm³/mol. The summed E-state index contributed by atoms with van der Waals surface area (Å²) in [5, 5.41) is 8.76. The van der Waals surface area contributed by atoms with Crippen LogP contribution in [0.2, 0.25) is 0 Å². The molecule has 104 valence electrons. The van der Waals surface area contributed by atoms with Crippen LogP contribution in [-0.4, -0.2) is 22.6 Å². The molecule has 2 rings (SSSR count). The minimum absolute atomic E-state index is 0.186. The van der Waals surface area contributed by atoms with E-state index < -0.39 is 5.97 Å². The number of rotatable bonds is 7. The van der Waals surface area contributed by atoms with E-state index in [0.29, 0.717) is 19.5 Å². The van der Waals surface area contributed by atoms with E-state index in [1.165, 1.54) is 0 Å². The van der Waals surface area contributed by atoms with E-state index in [4.69, 9.17) is 5.11 Å². The zero-order valence-corrected chi connectivity index (χ0v) is 11.3. The summed E-state index contributed by atoms with van der Waals surface area (Å²) in [6, 6.07) is 15.8. The summed E-state index contributed by atoms with van der Waals surface area (Å²) in [5.74, 6) is -0.754. The zero-order valence-electron chi connectivity index (χ0n) is 11.3. The molecule has 1 aromatic heterocycles. The Bertz CT molecular complexity index is 529. The van der Waals surface area contributed by atoms with Crippen LogP contribution >= 0.6 is 0 Å². The fraction of sp³-hybridized carbons (Fsp3) is 0.250. The highest BCUT2D eigenvalue weighted by molar-refractivity contribution is 5.66. The normalized spacial score (nSPS) is 10.2. The first-order valence-electron chi connectivity index (χ1n) is 6.67. The lowest BCUT2D eigenvalue weighted by Gasteiger charge is -2.24. The van der Waals surface area contributed by atoms with Gasteiger partial charge in [-0.15, -0.1) is 0 Å². The second-order valence-corrected chi connectivity index (χ2v) is 4.58. The number of hydrogen-bond acceptors (Lipinski definition) is 3. The number of anilines is 1. The van der Waals surface area contributed by atoms with Crippen molar-refractivity contribution >= 4 is 11.7 Å². The molecule has 0 radical (unpaired) electrons. The van der Waals surface area contributed by atoms with Crippen LogP contribution in [0.4, 0.5) is 5.69 Å². The number of nitrogens with zero attached hydrogens (tertiary/aromatic N) is 2. The van der Waals surface area contributed by atoms with Gasteiger partial charge < -0.3 is 10.0 Å². The smallest absolute Gasteiger partial charge is 0.303 e. The summed E-state index contributed by atoms with van der Waals surface area (Å²) >= 11 is 0. The van der Waals surface area contributed by atoms with E-state index in [1.807, 2.05) is 48.5 Å². The minimum Gasteiger partial charge on any atom is -0.481 e. The molecule has 2 aromatic rings. The summed E-state index contributed by atoms with van der Waals surface area (Å²) < 4.78 is 0. The molecule has 0 aliphatic rings. The summed E-state index contributed by atoms with van der Waals surface area (Å²) in [6.45, 7) is 1.39. The van der Waals surface area contributed by atoms with Crippen molar-refractivity contribution < 1.29 is 9.90 Å². The zero-order chi connectivity index (χ0) is 14.2. The molecule has 0 amide bonds. The van der Waals surface area contributed by atoms with E-state index in [9.17, 15) is 4.79 Å². The van der Waals surface area contributed by atoms with Gasteiger partial charge in [0, 0.05) is 24.8 Å². The SMILES string of the molecule is O=C(O)CCCN(Cc1ccccn1)c1ccccc1. The average Bonchev–Trinajstić information content (AvgIpc) is 2.48. The van der Waals surface area contributed by atoms with Crippen LogP contribution in [0.15, 0.2) is 54.7 Å². The standard InChI is InChI=1S/C16H18N2O2/c19-16(20)10-6-12-18(15-8-2-1-3-9-15)13-14-7-4-5-11-17-14/h1-5,7-9,11H,6,10,12-13H2,(H,19,20). The number of para-hydroxylation sites is 1. The first kappa shape index (κ1) is 14.1. The van der Waals surface area contributed by atoms with Gasteiger partial charge in [0.25, 0.3) is 0 Å². The van der Waals surface area contributed by atoms with Crippen LogP contribution in [-0.2, 0) is 11.3 Å². The van der Waals surface area contributed by atoms with Gasteiger partial charge in [-0.2, -0.15) is 0 Å². The van der Waals surface area contributed by atoms with E-state index in [1.54, 1.807) is 6.20 Å². The van der Waals surface area contributed by atoms with Crippen molar-refractivity contribution in [1.82, 2.24) is 4.98 Å². The van der Waals surface area contributed by atoms with Crippen LogP contribution in [0.3, 0.4) is 0 Å². The molecule has 4 nitrogen and oxygen atoms in total. The maximum atomic E-state index is 10.6. The van der Waals surface area contributed by atoms with Gasteiger partial charge >= 0.3 is 5.97 Å². The van der Waals surface area contributed by atoms with Crippen LogP contribution in [0, 0.1) is 0 Å². The number of hydrogen-bond donors (Lipinski definition) is 1. The molecular weight excluding hydrogens is 252 g/mol. The van der Waals surface area contributed by atoms with Gasteiger partial charge in [-0.3, -0.25) is 9.78 Å². The Labute approximate surface area is 118 Å². The molecule has 0 spiro atoms. The summed E-state index contributed by atoms with van der Waals surface area (Å²) in [6.07, 6.45) is 2.58. The molecule has 1 heterocycles. The maximum Gasteiger partial charge on any atom is 0.303 e. The molecule has 0 fully saturated rings. The van der Waals surface area contributed by atoms with E-state index >= 15 is 0 Å². The number of carboxylic acids is 1. The predicted octanol–water partition coefficient (Wildman–Crippen LogP) is 2.95.